The average molecular weight is 358 g/mol. The van der Waals surface area contributed by atoms with Crippen LogP contribution in [0.5, 0.6) is 0 Å². The molecule has 0 fully saturated rings. The van der Waals surface area contributed by atoms with Gasteiger partial charge in [0.1, 0.15) is 17.9 Å². The molecule has 0 spiro atoms. The molecular formula is C13H12ClN3O7. The van der Waals surface area contributed by atoms with Crippen LogP contribution in [0.3, 0.4) is 0 Å². The normalized spacial score (nSPS) is 17.4. The number of amides is 1. The maximum atomic E-state index is 11.7. The molecule has 11 heteroatoms. The highest BCUT2D eigenvalue weighted by Crippen LogP contribution is 2.15. The predicted octanol–water partition coefficient (Wildman–Crippen LogP) is 1.26. The summed E-state index contributed by atoms with van der Waals surface area (Å²) in [7, 11) is 0. The number of aliphatic carboxylic acids is 1. The first-order chi connectivity index (χ1) is 11.4. The van der Waals surface area contributed by atoms with Gasteiger partial charge in [0.25, 0.3) is 5.69 Å². The van der Waals surface area contributed by atoms with Crippen molar-refractivity contribution in [2.24, 2.45) is 0 Å². The van der Waals surface area contributed by atoms with Gasteiger partial charge in [-0.1, -0.05) is 11.6 Å². The number of rotatable bonds is 6. The molecule has 2 unspecified atom stereocenters. The van der Waals surface area contributed by atoms with Gasteiger partial charge in [-0.15, -0.1) is 0 Å². The number of hydroxylamine groups is 1. The molecule has 0 saturated carbocycles. The highest BCUT2D eigenvalue weighted by atomic mass is 35.5. The lowest BCUT2D eigenvalue weighted by Gasteiger charge is -2.18. The summed E-state index contributed by atoms with van der Waals surface area (Å²) in [5, 5.41) is 21.9. The van der Waals surface area contributed by atoms with Gasteiger partial charge >= 0.3 is 12.1 Å². The third-order valence-corrected chi connectivity index (χ3v) is 3.19. The second-order valence-corrected chi connectivity index (χ2v) is 5.07. The van der Waals surface area contributed by atoms with Gasteiger partial charge in [0.15, 0.2) is 6.04 Å². The van der Waals surface area contributed by atoms with Gasteiger partial charge in [0.05, 0.1) is 4.92 Å². The number of nitro groups is 1. The predicted molar refractivity (Wildman–Crippen MR) is 79.8 cm³/mol. The smallest absolute Gasteiger partial charge is 0.408 e. The van der Waals surface area contributed by atoms with E-state index in [0.29, 0.717) is 5.56 Å². The Morgan fingerprint density at radius 2 is 2.12 bits per heavy atom. The Morgan fingerprint density at radius 3 is 2.62 bits per heavy atom. The molecule has 1 aromatic rings. The number of halogens is 1. The van der Waals surface area contributed by atoms with Crippen LogP contribution in [-0.4, -0.2) is 34.2 Å². The van der Waals surface area contributed by atoms with E-state index < -0.39 is 29.1 Å². The number of carbonyl (C=O) groups is 2. The van der Waals surface area contributed by atoms with Crippen LogP contribution in [0.1, 0.15) is 5.56 Å². The standard InChI is InChI=1S/C13H12ClN3O7/c14-10-5-9(24-16-10)11(12(18)19)15-13(20)23-6-7-1-3-8(4-2-7)17(21)22/h1-5,9,11,16H,6H2,(H,15,20)(H,18,19). The summed E-state index contributed by atoms with van der Waals surface area (Å²) in [5.41, 5.74) is 2.68. The maximum absolute atomic E-state index is 11.7. The van der Waals surface area contributed by atoms with Gasteiger partial charge in [-0.3, -0.25) is 20.4 Å². The molecule has 0 radical (unpaired) electrons. The van der Waals surface area contributed by atoms with Crippen LogP contribution in [0.25, 0.3) is 0 Å². The molecule has 0 aliphatic carbocycles. The van der Waals surface area contributed by atoms with E-state index in [2.05, 4.69) is 10.8 Å². The first-order valence-corrected chi connectivity index (χ1v) is 6.93. The Hall–Kier alpha value is -2.85. The Kier molecular flexibility index (Phi) is 5.55. The number of carboxylic acid groups (broad SMARTS) is 1. The van der Waals surface area contributed by atoms with Crippen molar-refractivity contribution in [1.29, 1.82) is 0 Å². The van der Waals surface area contributed by atoms with E-state index in [1.165, 1.54) is 30.3 Å². The first-order valence-electron chi connectivity index (χ1n) is 6.55. The van der Waals surface area contributed by atoms with E-state index in [-0.39, 0.29) is 17.5 Å². The molecular weight excluding hydrogens is 346 g/mol. The summed E-state index contributed by atoms with van der Waals surface area (Å²) in [6, 6.07) is 3.97. The zero-order valence-corrected chi connectivity index (χ0v) is 12.7. The molecule has 24 heavy (non-hydrogen) atoms. The van der Waals surface area contributed by atoms with Gasteiger partial charge in [0.2, 0.25) is 0 Å². The fourth-order valence-corrected chi connectivity index (χ4v) is 1.99. The molecule has 128 valence electrons. The SMILES string of the molecule is O=C(NC(C(=O)O)C1C=C(Cl)NO1)OCc1ccc([N+](=O)[O-])cc1. The van der Waals surface area contributed by atoms with E-state index in [1.807, 2.05) is 0 Å². The molecule has 2 atom stereocenters. The van der Waals surface area contributed by atoms with E-state index in [9.17, 15) is 19.7 Å². The molecule has 0 bridgehead atoms. The van der Waals surface area contributed by atoms with Gasteiger partial charge < -0.3 is 15.2 Å². The molecule has 3 N–H and O–H groups in total. The van der Waals surface area contributed by atoms with Crippen LogP contribution in [-0.2, 0) is 21.0 Å². The monoisotopic (exact) mass is 357 g/mol. The molecule has 2 rings (SSSR count). The van der Waals surface area contributed by atoms with Crippen molar-refractivity contribution >= 4 is 29.4 Å². The Balaban J connectivity index is 1.89. The van der Waals surface area contributed by atoms with E-state index in [4.69, 9.17) is 26.3 Å². The number of carbonyl (C=O) groups excluding carboxylic acids is 1. The highest BCUT2D eigenvalue weighted by Gasteiger charge is 2.33. The Morgan fingerprint density at radius 1 is 1.46 bits per heavy atom. The van der Waals surface area contributed by atoms with Crippen LogP contribution in [0.15, 0.2) is 35.5 Å². The van der Waals surface area contributed by atoms with Crippen molar-refractivity contribution in [2.45, 2.75) is 18.8 Å². The fourth-order valence-electron chi connectivity index (χ4n) is 1.82. The third-order valence-electron chi connectivity index (χ3n) is 2.99. The largest absolute Gasteiger partial charge is 0.480 e. The molecule has 10 nitrogen and oxygen atoms in total. The number of non-ortho nitro benzene ring substituents is 1. The van der Waals surface area contributed by atoms with Crippen molar-refractivity contribution in [1.82, 2.24) is 10.8 Å². The van der Waals surface area contributed by atoms with Crippen LogP contribution >= 0.6 is 11.6 Å². The summed E-state index contributed by atoms with van der Waals surface area (Å²) >= 11 is 5.61. The second kappa shape index (κ2) is 7.62. The minimum absolute atomic E-state index is 0.0938. The topological polar surface area (TPSA) is 140 Å². The Bertz CT molecular complexity index is 677. The number of nitrogens with one attached hydrogen (secondary N) is 2. The highest BCUT2D eigenvalue weighted by molar-refractivity contribution is 6.29. The van der Waals surface area contributed by atoms with Crippen LogP contribution in [0.4, 0.5) is 10.5 Å². The lowest BCUT2D eigenvalue weighted by Crippen LogP contribution is -2.48. The van der Waals surface area contributed by atoms with Gasteiger partial charge in [-0.2, -0.15) is 0 Å². The quantitative estimate of drug-likeness (QED) is 0.392. The molecule has 1 amide bonds. The number of carboxylic acids is 1. The first kappa shape index (κ1) is 17.5. The number of alkyl carbamates (subject to hydrolysis) is 1. The van der Waals surface area contributed by atoms with Crippen LogP contribution in [0, 0.1) is 10.1 Å². The van der Waals surface area contributed by atoms with E-state index >= 15 is 0 Å². The number of hydrogen-bond donors (Lipinski definition) is 3. The number of nitro benzene ring substituents is 1. The lowest BCUT2D eigenvalue weighted by atomic mass is 10.1. The molecule has 1 aliphatic rings. The van der Waals surface area contributed by atoms with Gasteiger partial charge in [-0.25, -0.2) is 9.59 Å². The summed E-state index contributed by atoms with van der Waals surface area (Å²) < 4.78 is 4.88. The summed E-state index contributed by atoms with van der Waals surface area (Å²) in [6.07, 6.45) is -0.695. The van der Waals surface area contributed by atoms with Crippen molar-refractivity contribution in [3.05, 3.63) is 51.2 Å². The molecule has 0 saturated heterocycles. The number of ether oxygens (including phenoxy) is 1. The van der Waals surface area contributed by atoms with Crippen molar-refractivity contribution in [3.8, 4) is 0 Å². The van der Waals surface area contributed by atoms with Gasteiger partial charge in [0, 0.05) is 12.1 Å². The minimum atomic E-state index is -1.40. The minimum Gasteiger partial charge on any atom is -0.480 e. The lowest BCUT2D eigenvalue weighted by molar-refractivity contribution is -0.384. The van der Waals surface area contributed by atoms with Crippen LogP contribution < -0.4 is 10.8 Å². The molecule has 0 aromatic heterocycles. The number of hydrogen-bond acceptors (Lipinski definition) is 7. The van der Waals surface area contributed by atoms with Crippen molar-refractivity contribution < 1.29 is 29.2 Å². The van der Waals surface area contributed by atoms with Crippen LogP contribution in [0.2, 0.25) is 0 Å². The number of nitrogens with zero attached hydrogens (tertiary/aromatic N) is 1. The molecule has 1 aliphatic heterocycles. The summed E-state index contributed by atoms with van der Waals surface area (Å²) in [6.45, 7) is -0.184. The van der Waals surface area contributed by atoms with Crippen molar-refractivity contribution in [2.75, 3.05) is 0 Å². The van der Waals surface area contributed by atoms with Crippen molar-refractivity contribution in [3.63, 3.8) is 0 Å². The summed E-state index contributed by atoms with van der Waals surface area (Å²) in [5.74, 6) is -1.34. The zero-order chi connectivity index (χ0) is 17.7. The molecule has 1 heterocycles. The van der Waals surface area contributed by atoms with E-state index in [0.717, 1.165) is 0 Å². The Labute approximate surface area is 140 Å². The second-order valence-electron chi connectivity index (χ2n) is 4.66. The fraction of sp³-hybridized carbons (Fsp3) is 0.231. The zero-order valence-electron chi connectivity index (χ0n) is 12.0. The van der Waals surface area contributed by atoms with E-state index in [1.54, 1.807) is 0 Å². The summed E-state index contributed by atoms with van der Waals surface area (Å²) in [4.78, 5) is 37.8. The molecule has 1 aromatic carbocycles. The van der Waals surface area contributed by atoms with Gasteiger partial charge in [-0.05, 0) is 23.8 Å². The maximum Gasteiger partial charge on any atom is 0.408 e. The average Bonchev–Trinajstić information content (AvgIpc) is 2.96. The third kappa shape index (κ3) is 4.57. The number of benzene rings is 1.